The SMILES string of the molecule is CC(C)(C)[C@@H](NC(=O)c1ccc2ncccc2c1)C(=O)O. The molecule has 0 saturated carbocycles. The van der Waals surface area contributed by atoms with Gasteiger partial charge in [-0.3, -0.25) is 9.78 Å². The van der Waals surface area contributed by atoms with Gasteiger partial charge in [-0.1, -0.05) is 26.8 Å². The summed E-state index contributed by atoms with van der Waals surface area (Å²) in [4.78, 5) is 27.7. The maximum atomic E-state index is 12.3. The third kappa shape index (κ3) is 3.37. The van der Waals surface area contributed by atoms with Gasteiger partial charge in [0.25, 0.3) is 5.91 Å². The molecule has 0 aliphatic carbocycles. The van der Waals surface area contributed by atoms with Crippen molar-refractivity contribution in [3.8, 4) is 0 Å². The molecule has 0 fully saturated rings. The van der Waals surface area contributed by atoms with E-state index in [0.29, 0.717) is 5.56 Å². The van der Waals surface area contributed by atoms with Gasteiger partial charge in [0.05, 0.1) is 5.52 Å². The average molecular weight is 286 g/mol. The van der Waals surface area contributed by atoms with Crippen molar-refractivity contribution in [3.05, 3.63) is 42.1 Å². The monoisotopic (exact) mass is 286 g/mol. The van der Waals surface area contributed by atoms with Crippen molar-refractivity contribution in [2.45, 2.75) is 26.8 Å². The summed E-state index contributed by atoms with van der Waals surface area (Å²) in [7, 11) is 0. The van der Waals surface area contributed by atoms with Crippen LogP contribution in [0.25, 0.3) is 10.9 Å². The Hall–Kier alpha value is -2.43. The minimum absolute atomic E-state index is 0.400. The predicted molar refractivity (Wildman–Crippen MR) is 80.1 cm³/mol. The van der Waals surface area contributed by atoms with Gasteiger partial charge >= 0.3 is 5.97 Å². The molecule has 2 aromatic rings. The van der Waals surface area contributed by atoms with Crippen LogP contribution in [-0.2, 0) is 4.79 Å². The highest BCUT2D eigenvalue weighted by molar-refractivity contribution is 5.99. The first kappa shape index (κ1) is 15.0. The van der Waals surface area contributed by atoms with Gasteiger partial charge in [0, 0.05) is 17.1 Å². The molecule has 21 heavy (non-hydrogen) atoms. The lowest BCUT2D eigenvalue weighted by molar-refractivity contribution is -0.142. The number of carboxylic acid groups (broad SMARTS) is 1. The van der Waals surface area contributed by atoms with Crippen molar-refractivity contribution >= 4 is 22.8 Å². The zero-order chi connectivity index (χ0) is 15.6. The summed E-state index contributed by atoms with van der Waals surface area (Å²) < 4.78 is 0. The molecule has 2 N–H and O–H groups in total. The molecule has 1 aromatic heterocycles. The van der Waals surface area contributed by atoms with Gasteiger partial charge in [0.15, 0.2) is 0 Å². The number of hydrogen-bond acceptors (Lipinski definition) is 3. The fraction of sp³-hybridized carbons (Fsp3) is 0.312. The number of aromatic nitrogens is 1. The van der Waals surface area contributed by atoms with Crippen LogP contribution in [-0.4, -0.2) is 28.0 Å². The molecule has 110 valence electrons. The molecule has 5 nitrogen and oxygen atoms in total. The van der Waals surface area contributed by atoms with Gasteiger partial charge < -0.3 is 10.4 Å². The van der Waals surface area contributed by atoms with Crippen molar-refractivity contribution in [3.63, 3.8) is 0 Å². The third-order valence-corrected chi connectivity index (χ3v) is 3.25. The summed E-state index contributed by atoms with van der Waals surface area (Å²) in [6.45, 7) is 5.32. The van der Waals surface area contributed by atoms with Crippen LogP contribution in [0.4, 0.5) is 0 Å². The van der Waals surface area contributed by atoms with Crippen LogP contribution in [0.15, 0.2) is 36.5 Å². The Balaban J connectivity index is 2.27. The highest BCUT2D eigenvalue weighted by Gasteiger charge is 2.32. The smallest absolute Gasteiger partial charge is 0.326 e. The van der Waals surface area contributed by atoms with Gasteiger partial charge in [-0.05, 0) is 29.7 Å². The Morgan fingerprint density at radius 3 is 2.57 bits per heavy atom. The number of aliphatic carboxylic acids is 1. The van der Waals surface area contributed by atoms with Crippen molar-refractivity contribution < 1.29 is 14.7 Å². The molecule has 0 aliphatic rings. The number of carboxylic acids is 1. The third-order valence-electron chi connectivity index (χ3n) is 3.25. The minimum atomic E-state index is -1.04. The Morgan fingerprint density at radius 2 is 1.95 bits per heavy atom. The van der Waals surface area contributed by atoms with E-state index >= 15 is 0 Å². The highest BCUT2D eigenvalue weighted by Crippen LogP contribution is 2.20. The van der Waals surface area contributed by atoms with E-state index in [4.69, 9.17) is 0 Å². The number of amides is 1. The molecule has 1 heterocycles. The molecular formula is C16H18N2O3. The Kier molecular flexibility index (Phi) is 3.93. The standard InChI is InChI=1S/C16H18N2O3/c1-16(2,3)13(15(20)21)18-14(19)11-6-7-12-10(9-11)5-4-8-17-12/h4-9,13H,1-3H3,(H,18,19)(H,20,21)/t13-/m0/s1. The molecule has 0 spiro atoms. The number of nitrogens with zero attached hydrogens (tertiary/aromatic N) is 1. The number of carbonyl (C=O) groups excluding carboxylic acids is 1. The average Bonchev–Trinajstić information content (AvgIpc) is 2.42. The molecule has 1 aromatic carbocycles. The summed E-state index contributed by atoms with van der Waals surface area (Å²) in [5.41, 5.74) is 0.644. The highest BCUT2D eigenvalue weighted by atomic mass is 16.4. The van der Waals surface area contributed by atoms with Gasteiger partial charge in [0.2, 0.25) is 0 Å². The minimum Gasteiger partial charge on any atom is -0.480 e. The van der Waals surface area contributed by atoms with E-state index in [1.165, 1.54) is 0 Å². The second kappa shape index (κ2) is 5.52. The summed E-state index contributed by atoms with van der Waals surface area (Å²) in [6, 6.07) is 7.80. The number of fused-ring (bicyclic) bond motifs is 1. The van der Waals surface area contributed by atoms with E-state index in [9.17, 15) is 14.7 Å². The topological polar surface area (TPSA) is 79.3 Å². The number of benzene rings is 1. The van der Waals surface area contributed by atoms with Crippen LogP contribution in [0.3, 0.4) is 0 Å². The lowest BCUT2D eigenvalue weighted by Gasteiger charge is -2.27. The lowest BCUT2D eigenvalue weighted by Crippen LogP contribution is -2.49. The fourth-order valence-corrected chi connectivity index (χ4v) is 2.08. The zero-order valence-corrected chi connectivity index (χ0v) is 12.3. The zero-order valence-electron chi connectivity index (χ0n) is 12.3. The molecule has 2 rings (SSSR count). The summed E-state index contributed by atoms with van der Waals surface area (Å²) >= 11 is 0. The van der Waals surface area contributed by atoms with Gasteiger partial charge in [-0.15, -0.1) is 0 Å². The Labute approximate surface area is 123 Å². The van der Waals surface area contributed by atoms with E-state index in [1.54, 1.807) is 51.2 Å². The molecule has 1 amide bonds. The van der Waals surface area contributed by atoms with Crippen molar-refractivity contribution in [2.75, 3.05) is 0 Å². The predicted octanol–water partition coefficient (Wildman–Crippen LogP) is 2.46. The summed E-state index contributed by atoms with van der Waals surface area (Å²) in [6.07, 6.45) is 1.68. The Bertz CT molecular complexity index is 689. The van der Waals surface area contributed by atoms with Gasteiger partial charge in [-0.2, -0.15) is 0 Å². The number of pyridine rings is 1. The normalized spacial score (nSPS) is 12.9. The first-order valence-electron chi connectivity index (χ1n) is 6.67. The number of nitrogens with one attached hydrogen (secondary N) is 1. The largest absolute Gasteiger partial charge is 0.480 e. The van der Waals surface area contributed by atoms with E-state index in [1.807, 2.05) is 6.07 Å². The van der Waals surface area contributed by atoms with Crippen LogP contribution in [0.2, 0.25) is 0 Å². The summed E-state index contributed by atoms with van der Waals surface area (Å²) in [5.74, 6) is -1.44. The number of hydrogen-bond donors (Lipinski definition) is 2. The van der Waals surface area contributed by atoms with E-state index in [-0.39, 0.29) is 0 Å². The molecular weight excluding hydrogens is 268 g/mol. The second-order valence-electron chi connectivity index (χ2n) is 6.02. The van der Waals surface area contributed by atoms with Crippen LogP contribution >= 0.6 is 0 Å². The number of carbonyl (C=O) groups is 2. The molecule has 0 radical (unpaired) electrons. The summed E-state index contributed by atoms with van der Waals surface area (Å²) in [5, 5.41) is 12.7. The van der Waals surface area contributed by atoms with Crippen LogP contribution in [0.5, 0.6) is 0 Å². The number of rotatable bonds is 3. The van der Waals surface area contributed by atoms with Gasteiger partial charge in [0.1, 0.15) is 6.04 Å². The first-order chi connectivity index (χ1) is 9.79. The van der Waals surface area contributed by atoms with E-state index < -0.39 is 23.3 Å². The second-order valence-corrected chi connectivity index (χ2v) is 6.02. The first-order valence-corrected chi connectivity index (χ1v) is 6.67. The van der Waals surface area contributed by atoms with Crippen molar-refractivity contribution in [1.29, 1.82) is 0 Å². The molecule has 0 saturated heterocycles. The van der Waals surface area contributed by atoms with Crippen LogP contribution in [0.1, 0.15) is 31.1 Å². The maximum absolute atomic E-state index is 12.3. The van der Waals surface area contributed by atoms with Gasteiger partial charge in [-0.25, -0.2) is 4.79 Å². The molecule has 0 unspecified atom stereocenters. The fourth-order valence-electron chi connectivity index (χ4n) is 2.08. The lowest BCUT2D eigenvalue weighted by atomic mass is 9.86. The Morgan fingerprint density at radius 1 is 1.24 bits per heavy atom. The quantitative estimate of drug-likeness (QED) is 0.908. The molecule has 5 heteroatoms. The van der Waals surface area contributed by atoms with E-state index in [2.05, 4.69) is 10.3 Å². The van der Waals surface area contributed by atoms with Crippen molar-refractivity contribution in [2.24, 2.45) is 5.41 Å². The molecule has 0 bridgehead atoms. The maximum Gasteiger partial charge on any atom is 0.326 e. The van der Waals surface area contributed by atoms with Crippen LogP contribution in [0, 0.1) is 5.41 Å². The van der Waals surface area contributed by atoms with E-state index in [0.717, 1.165) is 10.9 Å². The molecule has 1 atom stereocenters. The molecule has 0 aliphatic heterocycles. The van der Waals surface area contributed by atoms with Crippen LogP contribution < -0.4 is 5.32 Å². The van der Waals surface area contributed by atoms with Crippen molar-refractivity contribution in [1.82, 2.24) is 10.3 Å².